The van der Waals surface area contributed by atoms with Crippen molar-refractivity contribution in [2.45, 2.75) is 77.7 Å². The van der Waals surface area contributed by atoms with E-state index in [1.165, 1.54) is 6.07 Å². The molecule has 214 valence electrons. The van der Waals surface area contributed by atoms with Gasteiger partial charge in [-0.2, -0.15) is 0 Å². The second-order valence-corrected chi connectivity index (χ2v) is 9.04. The number of ether oxygens (including phenoxy) is 1. The molecule has 39 heavy (non-hydrogen) atoms. The first-order valence-electron chi connectivity index (χ1n) is 14.3. The number of hydrogen-bond donors (Lipinski definition) is 3. The molecular weight excluding hydrogens is 488 g/mol. The van der Waals surface area contributed by atoms with Gasteiger partial charge in [-0.25, -0.2) is 0 Å². The van der Waals surface area contributed by atoms with E-state index in [0.717, 1.165) is 51.4 Å². The number of unbranched alkanes of at least 4 members (excludes halogenated alkanes) is 2. The summed E-state index contributed by atoms with van der Waals surface area (Å²) in [5, 5.41) is 15.2. The third-order valence-corrected chi connectivity index (χ3v) is 5.76. The molecule has 6 heteroatoms. The highest BCUT2D eigenvalue weighted by Crippen LogP contribution is 2.14. The molecule has 1 rings (SSSR count). The molecule has 0 aliphatic heterocycles. The minimum absolute atomic E-state index is 0.0696. The molecular formula is C33H48N2O4. The summed E-state index contributed by atoms with van der Waals surface area (Å²) < 4.78 is 5.76. The highest BCUT2D eigenvalue weighted by Gasteiger charge is 2.16. The summed E-state index contributed by atoms with van der Waals surface area (Å²) in [4.78, 5) is 24.4. The number of phenols is 1. The number of rotatable bonds is 21. The van der Waals surface area contributed by atoms with Crippen LogP contribution in [0.1, 0.15) is 82.0 Å². The van der Waals surface area contributed by atoms with Crippen LogP contribution in [0.3, 0.4) is 0 Å². The van der Waals surface area contributed by atoms with Crippen molar-refractivity contribution in [2.24, 2.45) is 0 Å². The monoisotopic (exact) mass is 536 g/mol. The SMILES string of the molecule is CC/C=C\C/C=C\C/C=C\C/C=C\C/C=C\CCCCOC(CC)C(=O)NCCNC(=O)c1ccccc1O. The van der Waals surface area contributed by atoms with Gasteiger partial charge in [-0.1, -0.05) is 86.7 Å². The Hall–Kier alpha value is -3.38. The molecule has 0 bridgehead atoms. The van der Waals surface area contributed by atoms with Gasteiger partial charge in [0, 0.05) is 19.7 Å². The molecule has 0 aliphatic carbocycles. The van der Waals surface area contributed by atoms with Gasteiger partial charge in [-0.3, -0.25) is 9.59 Å². The fourth-order valence-electron chi connectivity index (χ4n) is 3.57. The largest absolute Gasteiger partial charge is 0.507 e. The third kappa shape index (κ3) is 17.7. The van der Waals surface area contributed by atoms with Gasteiger partial charge in [-0.05, 0) is 69.9 Å². The first-order chi connectivity index (χ1) is 19.1. The van der Waals surface area contributed by atoms with E-state index in [0.29, 0.717) is 19.6 Å². The lowest BCUT2D eigenvalue weighted by Gasteiger charge is -2.16. The molecule has 1 aromatic carbocycles. The Bertz CT molecular complexity index is 947. The summed E-state index contributed by atoms with van der Waals surface area (Å²) in [7, 11) is 0. The van der Waals surface area contributed by atoms with E-state index in [4.69, 9.17) is 4.74 Å². The molecule has 0 heterocycles. The second-order valence-electron chi connectivity index (χ2n) is 9.04. The van der Waals surface area contributed by atoms with Crippen molar-refractivity contribution in [2.75, 3.05) is 19.7 Å². The molecule has 6 nitrogen and oxygen atoms in total. The first kappa shape index (κ1) is 33.6. The maximum Gasteiger partial charge on any atom is 0.255 e. The topological polar surface area (TPSA) is 87.7 Å². The molecule has 0 saturated heterocycles. The van der Waals surface area contributed by atoms with Crippen molar-refractivity contribution in [3.63, 3.8) is 0 Å². The molecule has 0 aromatic heterocycles. The zero-order valence-electron chi connectivity index (χ0n) is 23.8. The van der Waals surface area contributed by atoms with Crippen LogP contribution in [0.4, 0.5) is 0 Å². The maximum atomic E-state index is 12.4. The van der Waals surface area contributed by atoms with Crippen LogP contribution in [-0.4, -0.2) is 42.7 Å². The highest BCUT2D eigenvalue weighted by molar-refractivity contribution is 5.96. The van der Waals surface area contributed by atoms with E-state index >= 15 is 0 Å². The number of amides is 2. The van der Waals surface area contributed by atoms with Crippen molar-refractivity contribution in [1.82, 2.24) is 10.6 Å². The molecule has 0 saturated carbocycles. The third-order valence-electron chi connectivity index (χ3n) is 5.76. The molecule has 0 aliphatic rings. The van der Waals surface area contributed by atoms with E-state index in [9.17, 15) is 14.7 Å². The van der Waals surface area contributed by atoms with Crippen LogP contribution in [0.5, 0.6) is 5.75 Å². The zero-order valence-corrected chi connectivity index (χ0v) is 23.8. The van der Waals surface area contributed by atoms with Gasteiger partial charge in [0.15, 0.2) is 0 Å². The van der Waals surface area contributed by atoms with Crippen LogP contribution >= 0.6 is 0 Å². The Morgan fingerprint density at radius 2 is 1.36 bits per heavy atom. The number of hydrogen-bond acceptors (Lipinski definition) is 4. The number of para-hydroxylation sites is 1. The van der Waals surface area contributed by atoms with Gasteiger partial charge < -0.3 is 20.5 Å². The van der Waals surface area contributed by atoms with E-state index < -0.39 is 6.10 Å². The van der Waals surface area contributed by atoms with Gasteiger partial charge in [0.05, 0.1) is 5.56 Å². The zero-order chi connectivity index (χ0) is 28.4. The van der Waals surface area contributed by atoms with Gasteiger partial charge >= 0.3 is 0 Å². The summed E-state index contributed by atoms with van der Waals surface area (Å²) in [5.74, 6) is -0.620. The Balaban J connectivity index is 2.05. The van der Waals surface area contributed by atoms with Crippen LogP contribution in [0.2, 0.25) is 0 Å². The smallest absolute Gasteiger partial charge is 0.255 e. The fourth-order valence-corrected chi connectivity index (χ4v) is 3.57. The van der Waals surface area contributed by atoms with E-state index in [-0.39, 0.29) is 29.7 Å². The fraction of sp³-hybridized carbons (Fsp3) is 0.455. The molecule has 0 spiro atoms. The van der Waals surface area contributed by atoms with E-state index in [1.807, 2.05) is 6.92 Å². The summed E-state index contributed by atoms with van der Waals surface area (Å²) in [5.41, 5.74) is 0.211. The highest BCUT2D eigenvalue weighted by atomic mass is 16.5. The number of nitrogens with one attached hydrogen (secondary N) is 2. The molecule has 2 amide bonds. The summed E-state index contributed by atoms with van der Waals surface area (Å²) in [6.45, 7) is 5.17. The Kier molecular flexibility index (Phi) is 20.5. The normalized spacial score (nSPS) is 12.9. The van der Waals surface area contributed by atoms with Gasteiger partial charge in [0.25, 0.3) is 5.91 Å². The Labute approximate surface area is 235 Å². The number of aromatic hydroxyl groups is 1. The van der Waals surface area contributed by atoms with E-state index in [2.05, 4.69) is 78.3 Å². The van der Waals surface area contributed by atoms with Crippen molar-refractivity contribution >= 4 is 11.8 Å². The predicted octanol–water partition coefficient (Wildman–Crippen LogP) is 6.96. The van der Waals surface area contributed by atoms with Gasteiger partial charge in [-0.15, -0.1) is 0 Å². The van der Waals surface area contributed by atoms with Gasteiger partial charge in [0.2, 0.25) is 5.91 Å². The standard InChI is InChI=1S/C33H48N2O4/c1-3-5-6-7-8-9-10-11-12-13-14-15-16-17-18-19-20-23-28-39-31(4-2)33(38)35-27-26-34-32(37)29-24-21-22-25-30(29)36/h5-6,8-9,11-12,14-15,17-18,21-22,24-25,31,36H,3-4,7,10,13,16,19-20,23,26-28H2,1-2H3,(H,34,37)(H,35,38)/b6-5-,9-8-,12-11-,15-14-,18-17-. The lowest BCUT2D eigenvalue weighted by molar-refractivity contribution is -0.133. The molecule has 1 unspecified atom stereocenters. The first-order valence-corrected chi connectivity index (χ1v) is 14.3. The van der Waals surface area contributed by atoms with Crippen LogP contribution in [0.15, 0.2) is 85.0 Å². The van der Waals surface area contributed by atoms with Gasteiger partial charge in [0.1, 0.15) is 11.9 Å². The summed E-state index contributed by atoms with van der Waals surface area (Å²) in [6.07, 6.45) is 30.0. The lowest BCUT2D eigenvalue weighted by atomic mass is 10.2. The number of carbonyl (C=O) groups is 2. The van der Waals surface area contributed by atoms with Crippen molar-refractivity contribution in [3.05, 3.63) is 90.6 Å². The second kappa shape index (κ2) is 23.7. The van der Waals surface area contributed by atoms with Crippen molar-refractivity contribution in [3.8, 4) is 5.75 Å². The lowest BCUT2D eigenvalue weighted by Crippen LogP contribution is -2.40. The average Bonchev–Trinajstić information content (AvgIpc) is 2.94. The number of carbonyl (C=O) groups excluding carboxylic acids is 2. The number of allylic oxidation sites excluding steroid dienone is 10. The Morgan fingerprint density at radius 1 is 0.795 bits per heavy atom. The van der Waals surface area contributed by atoms with Crippen molar-refractivity contribution in [1.29, 1.82) is 0 Å². The molecule has 1 atom stereocenters. The minimum Gasteiger partial charge on any atom is -0.507 e. The molecule has 0 radical (unpaired) electrons. The molecule has 0 fully saturated rings. The summed E-state index contributed by atoms with van der Waals surface area (Å²) >= 11 is 0. The predicted molar refractivity (Wildman–Crippen MR) is 162 cm³/mol. The minimum atomic E-state index is -0.493. The van der Waals surface area contributed by atoms with Crippen LogP contribution in [0.25, 0.3) is 0 Å². The van der Waals surface area contributed by atoms with Crippen LogP contribution in [0, 0.1) is 0 Å². The molecule has 1 aromatic rings. The number of phenolic OH excluding ortho intramolecular Hbond substituents is 1. The van der Waals surface area contributed by atoms with E-state index in [1.54, 1.807) is 18.2 Å². The maximum absolute atomic E-state index is 12.4. The Morgan fingerprint density at radius 3 is 1.95 bits per heavy atom. The summed E-state index contributed by atoms with van der Waals surface area (Å²) in [6, 6.07) is 6.35. The quantitative estimate of drug-likeness (QED) is 0.117. The van der Waals surface area contributed by atoms with Crippen molar-refractivity contribution < 1.29 is 19.4 Å². The molecule has 3 N–H and O–H groups in total. The van der Waals surface area contributed by atoms with Crippen LogP contribution in [-0.2, 0) is 9.53 Å². The van der Waals surface area contributed by atoms with Crippen LogP contribution < -0.4 is 10.6 Å². The average molecular weight is 537 g/mol. The number of benzene rings is 1.